The van der Waals surface area contributed by atoms with E-state index in [9.17, 15) is 0 Å². The largest absolute Gasteiger partial charge is 0.380 e. The first-order valence-electron chi connectivity index (χ1n) is 6.99. The summed E-state index contributed by atoms with van der Waals surface area (Å²) in [5.41, 5.74) is 0.731. The van der Waals surface area contributed by atoms with Crippen LogP contribution in [0.1, 0.15) is 27.7 Å². The van der Waals surface area contributed by atoms with Gasteiger partial charge in [0.25, 0.3) is 0 Å². The zero-order chi connectivity index (χ0) is 12.5. The molecule has 0 aromatic rings. The molecule has 17 heavy (non-hydrogen) atoms. The lowest BCUT2D eigenvalue weighted by atomic mass is 9.58. The fourth-order valence-electron chi connectivity index (χ4n) is 3.41. The Kier molecular flexibility index (Phi) is 3.81. The van der Waals surface area contributed by atoms with Gasteiger partial charge in [-0.3, -0.25) is 0 Å². The van der Waals surface area contributed by atoms with Gasteiger partial charge >= 0.3 is 0 Å². The topological polar surface area (TPSA) is 24.5 Å². The van der Waals surface area contributed by atoms with E-state index in [1.807, 2.05) is 0 Å². The van der Waals surface area contributed by atoms with Crippen molar-refractivity contribution in [2.45, 2.75) is 27.7 Å². The van der Waals surface area contributed by atoms with Gasteiger partial charge in [0.1, 0.15) is 0 Å². The highest BCUT2D eigenvalue weighted by Gasteiger charge is 2.53. The summed E-state index contributed by atoms with van der Waals surface area (Å²) in [6.07, 6.45) is 0. The van der Waals surface area contributed by atoms with Crippen LogP contribution in [0.2, 0.25) is 0 Å². The summed E-state index contributed by atoms with van der Waals surface area (Å²) in [6, 6.07) is 0. The second-order valence-corrected chi connectivity index (χ2v) is 6.71. The van der Waals surface area contributed by atoms with Crippen molar-refractivity contribution >= 4 is 0 Å². The number of piperazine rings is 1. The average molecular weight is 240 g/mol. The molecule has 0 aromatic carbocycles. The van der Waals surface area contributed by atoms with Crippen molar-refractivity contribution in [2.24, 2.45) is 16.7 Å². The molecule has 0 saturated carbocycles. The minimum absolute atomic E-state index is 0.344. The van der Waals surface area contributed by atoms with Crippen LogP contribution in [-0.2, 0) is 4.74 Å². The van der Waals surface area contributed by atoms with Crippen LogP contribution >= 0.6 is 0 Å². The Morgan fingerprint density at radius 3 is 2.24 bits per heavy atom. The summed E-state index contributed by atoms with van der Waals surface area (Å²) in [6.45, 7) is 17.3. The van der Waals surface area contributed by atoms with Gasteiger partial charge in [0, 0.05) is 38.1 Å². The highest BCUT2D eigenvalue weighted by atomic mass is 16.5. The van der Waals surface area contributed by atoms with Gasteiger partial charge in [0.15, 0.2) is 0 Å². The van der Waals surface area contributed by atoms with Crippen LogP contribution in [0.15, 0.2) is 0 Å². The highest BCUT2D eigenvalue weighted by Crippen LogP contribution is 2.50. The summed E-state index contributed by atoms with van der Waals surface area (Å²) in [7, 11) is 0. The number of hydrogen-bond acceptors (Lipinski definition) is 3. The quantitative estimate of drug-likeness (QED) is 0.807. The first kappa shape index (κ1) is 13.3. The van der Waals surface area contributed by atoms with Gasteiger partial charge in [-0.15, -0.1) is 0 Å². The zero-order valence-corrected chi connectivity index (χ0v) is 11.9. The Bertz CT molecular complexity index is 253. The third kappa shape index (κ3) is 2.38. The van der Waals surface area contributed by atoms with Crippen LogP contribution in [0, 0.1) is 16.7 Å². The molecule has 0 bridgehead atoms. The van der Waals surface area contributed by atoms with E-state index in [0.717, 1.165) is 26.3 Å². The summed E-state index contributed by atoms with van der Waals surface area (Å²) >= 11 is 0. The zero-order valence-electron chi connectivity index (χ0n) is 11.9. The monoisotopic (exact) mass is 240 g/mol. The Balaban J connectivity index is 2.01. The first-order valence-corrected chi connectivity index (χ1v) is 6.99. The maximum Gasteiger partial charge on any atom is 0.0552 e. The molecule has 0 radical (unpaired) electrons. The van der Waals surface area contributed by atoms with Crippen LogP contribution < -0.4 is 5.32 Å². The van der Waals surface area contributed by atoms with E-state index in [2.05, 4.69) is 37.9 Å². The van der Waals surface area contributed by atoms with E-state index in [1.54, 1.807) is 0 Å². The van der Waals surface area contributed by atoms with Crippen molar-refractivity contribution in [3.8, 4) is 0 Å². The average Bonchev–Trinajstić information content (AvgIpc) is 2.14. The SMILES string of the molecule is CC(C)C1(C(C)(C)CN2CCNCC2)COC1. The maximum atomic E-state index is 5.54. The molecule has 0 aliphatic carbocycles. The highest BCUT2D eigenvalue weighted by molar-refractivity contribution is 5.01. The number of ether oxygens (including phenoxy) is 1. The second kappa shape index (κ2) is 4.87. The van der Waals surface area contributed by atoms with E-state index in [1.165, 1.54) is 19.6 Å². The molecule has 0 aromatic heterocycles. The van der Waals surface area contributed by atoms with E-state index < -0.39 is 0 Å². The van der Waals surface area contributed by atoms with Gasteiger partial charge < -0.3 is 15.0 Å². The van der Waals surface area contributed by atoms with Crippen molar-refractivity contribution in [3.63, 3.8) is 0 Å². The van der Waals surface area contributed by atoms with Crippen LogP contribution in [0.25, 0.3) is 0 Å². The van der Waals surface area contributed by atoms with E-state index in [0.29, 0.717) is 16.7 Å². The predicted molar refractivity (Wildman–Crippen MR) is 71.2 cm³/mol. The number of nitrogens with one attached hydrogen (secondary N) is 1. The molecule has 0 spiro atoms. The molecular weight excluding hydrogens is 212 g/mol. The smallest absolute Gasteiger partial charge is 0.0552 e. The van der Waals surface area contributed by atoms with E-state index in [4.69, 9.17) is 4.74 Å². The van der Waals surface area contributed by atoms with Crippen LogP contribution in [0.5, 0.6) is 0 Å². The molecule has 1 N–H and O–H groups in total. The van der Waals surface area contributed by atoms with Crippen LogP contribution in [0.4, 0.5) is 0 Å². The minimum Gasteiger partial charge on any atom is -0.380 e. The molecule has 2 rings (SSSR count). The molecule has 2 aliphatic heterocycles. The predicted octanol–water partition coefficient (Wildman–Crippen LogP) is 1.59. The molecule has 0 amide bonds. The molecule has 100 valence electrons. The van der Waals surface area contributed by atoms with E-state index in [-0.39, 0.29) is 0 Å². The Morgan fingerprint density at radius 1 is 1.24 bits per heavy atom. The summed E-state index contributed by atoms with van der Waals surface area (Å²) < 4.78 is 5.54. The minimum atomic E-state index is 0.344. The lowest BCUT2D eigenvalue weighted by Crippen LogP contribution is -2.60. The lowest BCUT2D eigenvalue weighted by Gasteiger charge is -2.56. The maximum absolute atomic E-state index is 5.54. The molecule has 0 atom stereocenters. The molecule has 2 aliphatic rings. The lowest BCUT2D eigenvalue weighted by molar-refractivity contribution is -0.205. The Morgan fingerprint density at radius 2 is 1.82 bits per heavy atom. The molecule has 2 fully saturated rings. The van der Waals surface area contributed by atoms with E-state index >= 15 is 0 Å². The number of hydrogen-bond donors (Lipinski definition) is 1. The number of nitrogens with zero attached hydrogens (tertiary/aromatic N) is 1. The van der Waals surface area contributed by atoms with Crippen LogP contribution in [-0.4, -0.2) is 50.8 Å². The molecule has 2 saturated heterocycles. The Labute approximate surface area is 106 Å². The van der Waals surface area contributed by atoms with Gasteiger partial charge in [-0.2, -0.15) is 0 Å². The second-order valence-electron chi connectivity index (χ2n) is 6.71. The molecule has 2 heterocycles. The molecule has 3 heteroatoms. The third-order valence-corrected chi connectivity index (χ3v) is 5.00. The van der Waals surface area contributed by atoms with Gasteiger partial charge in [-0.25, -0.2) is 0 Å². The van der Waals surface area contributed by atoms with Crippen molar-refractivity contribution in [1.82, 2.24) is 10.2 Å². The normalized spacial score (nSPS) is 25.9. The summed E-state index contributed by atoms with van der Waals surface area (Å²) in [5, 5.41) is 3.42. The summed E-state index contributed by atoms with van der Waals surface area (Å²) in [4.78, 5) is 2.61. The fraction of sp³-hybridized carbons (Fsp3) is 1.00. The van der Waals surface area contributed by atoms with Crippen molar-refractivity contribution in [1.29, 1.82) is 0 Å². The van der Waals surface area contributed by atoms with Gasteiger partial charge in [-0.1, -0.05) is 27.7 Å². The van der Waals surface area contributed by atoms with Crippen molar-refractivity contribution in [2.75, 3.05) is 45.9 Å². The Hall–Kier alpha value is -0.120. The third-order valence-electron chi connectivity index (χ3n) is 5.00. The number of rotatable bonds is 4. The molecule has 3 nitrogen and oxygen atoms in total. The van der Waals surface area contributed by atoms with Crippen LogP contribution in [0.3, 0.4) is 0 Å². The molecule has 0 unspecified atom stereocenters. The van der Waals surface area contributed by atoms with Gasteiger partial charge in [-0.05, 0) is 11.3 Å². The van der Waals surface area contributed by atoms with Crippen molar-refractivity contribution in [3.05, 3.63) is 0 Å². The summed E-state index contributed by atoms with van der Waals surface area (Å²) in [5.74, 6) is 0.703. The van der Waals surface area contributed by atoms with Gasteiger partial charge in [0.2, 0.25) is 0 Å². The molecular formula is C14H28N2O. The first-order chi connectivity index (χ1) is 7.98. The van der Waals surface area contributed by atoms with Crippen molar-refractivity contribution < 1.29 is 4.74 Å². The van der Waals surface area contributed by atoms with Gasteiger partial charge in [0.05, 0.1) is 13.2 Å². The standard InChI is InChI=1S/C14H28N2O/c1-12(2)14(10-17-11-14)13(3,4)9-16-7-5-15-6-8-16/h12,15H,5-11H2,1-4H3. The fourth-order valence-corrected chi connectivity index (χ4v) is 3.41.